The zero-order valence-electron chi connectivity index (χ0n) is 16.8. The third-order valence-electron chi connectivity index (χ3n) is 6.91. The molecule has 1 fully saturated rings. The Bertz CT molecular complexity index is 873. The summed E-state index contributed by atoms with van der Waals surface area (Å²) in [5.41, 5.74) is 1.44. The first-order chi connectivity index (χ1) is 13.9. The second-order valence-corrected chi connectivity index (χ2v) is 9.49. The third-order valence-corrected chi connectivity index (χ3v) is 8.08. The third kappa shape index (κ3) is 3.50. The van der Waals surface area contributed by atoms with Crippen molar-refractivity contribution >= 4 is 34.2 Å². The van der Waals surface area contributed by atoms with Crippen molar-refractivity contribution in [1.29, 1.82) is 0 Å². The van der Waals surface area contributed by atoms with E-state index in [0.717, 1.165) is 49.0 Å². The fourth-order valence-corrected chi connectivity index (χ4v) is 6.65. The molecule has 0 unspecified atom stereocenters. The van der Waals surface area contributed by atoms with E-state index in [1.54, 1.807) is 0 Å². The van der Waals surface area contributed by atoms with Crippen LogP contribution >= 0.6 is 11.3 Å². The number of aliphatic carboxylic acids is 1. The molecule has 2 N–H and O–H groups in total. The molecule has 4 aliphatic rings. The molecule has 5 atom stereocenters. The van der Waals surface area contributed by atoms with Crippen LogP contribution in [-0.4, -0.2) is 30.1 Å². The van der Waals surface area contributed by atoms with E-state index < -0.39 is 23.8 Å². The van der Waals surface area contributed by atoms with Gasteiger partial charge in [-0.25, -0.2) is 4.79 Å². The number of esters is 1. The number of thiophene rings is 1. The summed E-state index contributed by atoms with van der Waals surface area (Å²) in [6.07, 6.45) is 9.40. The minimum atomic E-state index is -0.923. The zero-order chi connectivity index (χ0) is 20.7. The van der Waals surface area contributed by atoms with Crippen LogP contribution < -0.4 is 5.32 Å². The predicted molar refractivity (Wildman–Crippen MR) is 110 cm³/mol. The molecule has 1 aromatic rings. The molecule has 156 valence electrons. The maximum Gasteiger partial charge on any atom is 0.341 e. The van der Waals surface area contributed by atoms with E-state index in [4.69, 9.17) is 4.74 Å². The van der Waals surface area contributed by atoms with E-state index in [9.17, 15) is 19.5 Å². The monoisotopic (exact) mass is 417 g/mol. The lowest BCUT2D eigenvalue weighted by Gasteiger charge is -2.41. The molecule has 0 saturated heterocycles. The van der Waals surface area contributed by atoms with E-state index >= 15 is 0 Å². The van der Waals surface area contributed by atoms with Gasteiger partial charge in [0.05, 0.1) is 24.5 Å². The number of methoxy groups -OCH3 is 1. The highest BCUT2D eigenvalue weighted by Crippen LogP contribution is 2.46. The molecule has 0 aromatic carbocycles. The summed E-state index contributed by atoms with van der Waals surface area (Å²) in [6, 6.07) is 0. The van der Waals surface area contributed by atoms with Crippen LogP contribution in [-0.2, 0) is 27.2 Å². The van der Waals surface area contributed by atoms with Gasteiger partial charge < -0.3 is 15.2 Å². The van der Waals surface area contributed by atoms with Crippen LogP contribution in [0.25, 0.3) is 0 Å². The molecule has 1 amide bonds. The molecule has 0 radical (unpaired) electrons. The number of carboxylic acids is 1. The lowest BCUT2D eigenvalue weighted by atomic mass is 9.62. The highest BCUT2D eigenvalue weighted by molar-refractivity contribution is 7.17. The molecule has 2 bridgehead atoms. The summed E-state index contributed by atoms with van der Waals surface area (Å²) in [4.78, 5) is 38.7. The van der Waals surface area contributed by atoms with Gasteiger partial charge in [0.2, 0.25) is 5.91 Å². The summed E-state index contributed by atoms with van der Waals surface area (Å²) in [5, 5.41) is 13.2. The quantitative estimate of drug-likeness (QED) is 0.560. The average Bonchev–Trinajstić information content (AvgIpc) is 3.09. The van der Waals surface area contributed by atoms with E-state index in [-0.39, 0.29) is 17.7 Å². The summed E-state index contributed by atoms with van der Waals surface area (Å²) >= 11 is 1.45. The molecule has 1 aromatic heterocycles. The molecule has 6 nitrogen and oxygen atoms in total. The number of rotatable bonds is 5. The Balaban J connectivity index is 1.64. The largest absolute Gasteiger partial charge is 0.481 e. The molecular formula is C22H27NO5S. The van der Waals surface area contributed by atoms with Gasteiger partial charge in [0.15, 0.2) is 0 Å². The number of carbonyl (C=O) groups excluding carboxylic acids is 2. The molecule has 1 saturated carbocycles. The van der Waals surface area contributed by atoms with Crippen molar-refractivity contribution in [2.45, 2.75) is 45.4 Å². The Morgan fingerprint density at radius 2 is 1.86 bits per heavy atom. The SMILES string of the molecule is CC[C@@H]1CCc2c(sc(NC(=O)[C@@H]3[C@H](C(=O)O)[C@H]4C=C[C@H]3CC4)c2C(=O)OC)C1. The lowest BCUT2D eigenvalue weighted by molar-refractivity contribution is -0.151. The highest BCUT2D eigenvalue weighted by atomic mass is 32.1. The van der Waals surface area contributed by atoms with Gasteiger partial charge in [0.1, 0.15) is 5.00 Å². The molecule has 1 heterocycles. The van der Waals surface area contributed by atoms with E-state index in [1.807, 2.05) is 12.2 Å². The first-order valence-corrected chi connectivity index (χ1v) is 11.2. The normalized spacial score (nSPS) is 29.9. The van der Waals surface area contributed by atoms with Crippen LogP contribution in [0.3, 0.4) is 0 Å². The number of hydrogen-bond donors (Lipinski definition) is 2. The van der Waals surface area contributed by atoms with E-state index in [1.165, 1.54) is 18.4 Å². The number of carboxylic acid groups (broad SMARTS) is 1. The van der Waals surface area contributed by atoms with Crippen LogP contribution in [0.5, 0.6) is 0 Å². The van der Waals surface area contributed by atoms with Gasteiger partial charge in [-0.1, -0.05) is 25.5 Å². The van der Waals surface area contributed by atoms with Crippen molar-refractivity contribution in [3.63, 3.8) is 0 Å². The minimum absolute atomic E-state index is 0.0678. The zero-order valence-corrected chi connectivity index (χ0v) is 17.6. The number of amides is 1. The summed E-state index contributed by atoms with van der Waals surface area (Å²) in [7, 11) is 1.35. The second-order valence-electron chi connectivity index (χ2n) is 8.39. The molecule has 5 rings (SSSR count). The molecule has 0 spiro atoms. The first-order valence-electron chi connectivity index (χ1n) is 10.4. The fraction of sp³-hybridized carbons (Fsp3) is 0.591. The van der Waals surface area contributed by atoms with Crippen molar-refractivity contribution < 1.29 is 24.2 Å². The van der Waals surface area contributed by atoms with Crippen LogP contribution in [0.2, 0.25) is 0 Å². The van der Waals surface area contributed by atoms with E-state index in [2.05, 4.69) is 12.2 Å². The van der Waals surface area contributed by atoms with Crippen LogP contribution in [0, 0.1) is 29.6 Å². The number of carbonyl (C=O) groups is 3. The van der Waals surface area contributed by atoms with Crippen molar-refractivity contribution in [3.05, 3.63) is 28.2 Å². The Kier molecular flexibility index (Phi) is 5.51. The van der Waals surface area contributed by atoms with E-state index in [0.29, 0.717) is 16.5 Å². The van der Waals surface area contributed by atoms with Gasteiger partial charge in [-0.15, -0.1) is 11.3 Å². The topological polar surface area (TPSA) is 92.7 Å². The van der Waals surface area contributed by atoms with Crippen molar-refractivity contribution in [1.82, 2.24) is 0 Å². The molecule has 29 heavy (non-hydrogen) atoms. The maximum atomic E-state index is 13.2. The van der Waals surface area contributed by atoms with Gasteiger partial charge in [-0.2, -0.15) is 0 Å². The molecule has 7 heteroatoms. The van der Waals surface area contributed by atoms with Gasteiger partial charge in [0.25, 0.3) is 0 Å². The minimum Gasteiger partial charge on any atom is -0.481 e. The number of hydrogen-bond acceptors (Lipinski definition) is 5. The van der Waals surface area contributed by atoms with Gasteiger partial charge >= 0.3 is 11.9 Å². The number of nitrogens with one attached hydrogen (secondary N) is 1. The second kappa shape index (κ2) is 7.94. The van der Waals surface area contributed by atoms with Gasteiger partial charge in [0, 0.05) is 4.88 Å². The standard InChI is InChI=1S/C22H27NO5S/c1-3-11-4-9-14-15(10-11)29-20(18(14)22(27)28-2)23-19(24)16-12-5-7-13(8-6-12)17(16)21(25)26/h5,7,11-13,16-17H,3-4,6,8-10H2,1-2H3,(H,23,24)(H,25,26)/t11-,12+,13+,16+,17-/m1/s1. The van der Waals surface area contributed by atoms with Gasteiger partial charge in [-0.3, -0.25) is 9.59 Å². The van der Waals surface area contributed by atoms with Crippen LogP contribution in [0.4, 0.5) is 5.00 Å². The Hall–Kier alpha value is -2.15. The lowest BCUT2D eigenvalue weighted by Crippen LogP contribution is -2.47. The fourth-order valence-electron chi connectivity index (χ4n) is 5.29. The van der Waals surface area contributed by atoms with Gasteiger partial charge in [-0.05, 0) is 55.4 Å². The summed E-state index contributed by atoms with van der Waals surface area (Å²) in [5.74, 6) is -2.56. The predicted octanol–water partition coefficient (Wildman–Crippen LogP) is 3.90. The Morgan fingerprint density at radius 3 is 2.45 bits per heavy atom. The maximum absolute atomic E-state index is 13.2. The summed E-state index contributed by atoms with van der Waals surface area (Å²) < 4.78 is 5.00. The Labute approximate surface area is 174 Å². The number of anilines is 1. The van der Waals surface area contributed by atoms with Crippen molar-refractivity contribution in [2.75, 3.05) is 12.4 Å². The molecule has 4 aliphatic carbocycles. The Morgan fingerprint density at radius 1 is 1.17 bits per heavy atom. The number of ether oxygens (including phenoxy) is 1. The smallest absolute Gasteiger partial charge is 0.341 e. The van der Waals surface area contributed by atoms with Crippen LogP contribution in [0.1, 0.15) is 53.4 Å². The van der Waals surface area contributed by atoms with Crippen molar-refractivity contribution in [2.24, 2.45) is 29.6 Å². The highest BCUT2D eigenvalue weighted by Gasteiger charge is 2.48. The first kappa shape index (κ1) is 20.1. The number of fused-ring (bicyclic) bond motifs is 3. The number of allylic oxidation sites excluding steroid dienone is 2. The molecular weight excluding hydrogens is 390 g/mol. The van der Waals surface area contributed by atoms with Crippen LogP contribution in [0.15, 0.2) is 12.2 Å². The van der Waals surface area contributed by atoms with Crippen molar-refractivity contribution in [3.8, 4) is 0 Å². The summed E-state index contributed by atoms with van der Waals surface area (Å²) in [6.45, 7) is 2.17. The molecule has 0 aliphatic heterocycles. The average molecular weight is 418 g/mol.